The lowest BCUT2D eigenvalue weighted by molar-refractivity contribution is 1.18. The van der Waals surface area contributed by atoms with Crippen molar-refractivity contribution in [2.75, 3.05) is 4.90 Å². The molecule has 2 nitrogen and oxygen atoms in total. The summed E-state index contributed by atoms with van der Waals surface area (Å²) in [5, 5.41) is 7.54. The van der Waals surface area contributed by atoms with Crippen molar-refractivity contribution in [2.24, 2.45) is 0 Å². The van der Waals surface area contributed by atoms with Gasteiger partial charge in [0.15, 0.2) is 0 Å². The number of nitrogens with zero attached hydrogens (tertiary/aromatic N) is 2. The summed E-state index contributed by atoms with van der Waals surface area (Å²) < 4.78 is 5.01. The van der Waals surface area contributed by atoms with Crippen LogP contribution < -0.4 is 4.90 Å². The highest BCUT2D eigenvalue weighted by Crippen LogP contribution is 2.43. The summed E-state index contributed by atoms with van der Waals surface area (Å²) in [4.78, 5) is 2.41. The Morgan fingerprint density at radius 2 is 0.945 bits per heavy atom. The molecule has 0 saturated carbocycles. The van der Waals surface area contributed by atoms with Gasteiger partial charge in [-0.2, -0.15) is 0 Å². The largest absolute Gasteiger partial charge is 0.310 e. The molecule has 0 unspecified atom stereocenters. The highest BCUT2D eigenvalue weighted by Gasteiger charge is 2.18. The molecule has 0 atom stereocenters. The Kier molecular flexibility index (Phi) is 7.39. The first kappa shape index (κ1) is 31.6. The molecular formula is C52H34N2S. The van der Waals surface area contributed by atoms with E-state index in [4.69, 9.17) is 0 Å². The van der Waals surface area contributed by atoms with Gasteiger partial charge in [-0.3, -0.25) is 0 Å². The van der Waals surface area contributed by atoms with Gasteiger partial charge in [0.25, 0.3) is 0 Å². The number of aromatic nitrogens is 1. The molecule has 0 radical (unpaired) electrons. The maximum absolute atomic E-state index is 2.41. The van der Waals surface area contributed by atoms with Crippen molar-refractivity contribution in [1.82, 2.24) is 4.57 Å². The summed E-state index contributed by atoms with van der Waals surface area (Å²) >= 11 is 1.86. The van der Waals surface area contributed by atoms with E-state index in [1.807, 2.05) is 11.3 Å². The minimum Gasteiger partial charge on any atom is -0.310 e. The fourth-order valence-corrected chi connectivity index (χ4v) is 9.44. The van der Waals surface area contributed by atoms with E-state index in [1.165, 1.54) is 75.0 Å². The van der Waals surface area contributed by atoms with Gasteiger partial charge in [0, 0.05) is 53.4 Å². The molecule has 2 aromatic heterocycles. The van der Waals surface area contributed by atoms with E-state index in [0.717, 1.165) is 22.7 Å². The molecule has 258 valence electrons. The number of hydrogen-bond donors (Lipinski definition) is 0. The molecular weight excluding hydrogens is 685 g/mol. The predicted molar refractivity (Wildman–Crippen MR) is 237 cm³/mol. The number of rotatable bonds is 6. The van der Waals surface area contributed by atoms with Gasteiger partial charge in [-0.15, -0.1) is 11.3 Å². The molecule has 0 amide bonds. The van der Waals surface area contributed by atoms with Crippen molar-refractivity contribution in [2.45, 2.75) is 0 Å². The second-order valence-electron chi connectivity index (χ2n) is 14.2. The highest BCUT2D eigenvalue weighted by molar-refractivity contribution is 7.25. The van der Waals surface area contributed by atoms with Crippen molar-refractivity contribution < 1.29 is 0 Å². The number of thiophene rings is 1. The van der Waals surface area contributed by atoms with Gasteiger partial charge in [0.2, 0.25) is 0 Å². The zero-order valence-electron chi connectivity index (χ0n) is 29.9. The number of fused-ring (bicyclic) bond motifs is 7. The van der Waals surface area contributed by atoms with Crippen molar-refractivity contribution in [1.29, 1.82) is 0 Å². The van der Waals surface area contributed by atoms with Crippen LogP contribution in [0.2, 0.25) is 0 Å². The molecule has 55 heavy (non-hydrogen) atoms. The Morgan fingerprint density at radius 3 is 1.80 bits per heavy atom. The SMILES string of the molecule is c1ccc(-c2ccc(-n3c4ccccc4c4cc(-c5ccc(N(c6ccc7sc8ccccc8c7c6)c6cccc7ccccc67)cc5)ccc43)cc2)cc1. The second kappa shape index (κ2) is 12.9. The lowest BCUT2D eigenvalue weighted by atomic mass is 10.0. The summed E-state index contributed by atoms with van der Waals surface area (Å²) in [5.41, 5.74) is 11.8. The topological polar surface area (TPSA) is 8.17 Å². The molecule has 0 saturated heterocycles. The van der Waals surface area contributed by atoms with Crippen LogP contribution in [0.25, 0.3) is 80.7 Å². The summed E-state index contributed by atoms with van der Waals surface area (Å²) in [6.07, 6.45) is 0. The van der Waals surface area contributed by atoms with Gasteiger partial charge in [0.05, 0.1) is 16.7 Å². The highest BCUT2D eigenvalue weighted by atomic mass is 32.1. The molecule has 2 heterocycles. The van der Waals surface area contributed by atoms with E-state index in [0.29, 0.717) is 0 Å². The predicted octanol–water partition coefficient (Wildman–Crippen LogP) is 15.1. The average molecular weight is 719 g/mol. The Morgan fingerprint density at radius 1 is 0.345 bits per heavy atom. The lowest BCUT2D eigenvalue weighted by Gasteiger charge is -2.27. The van der Waals surface area contributed by atoms with Gasteiger partial charge in [-0.1, -0.05) is 133 Å². The average Bonchev–Trinajstić information content (AvgIpc) is 3.80. The Balaban J connectivity index is 1.01. The summed E-state index contributed by atoms with van der Waals surface area (Å²) in [6, 6.07) is 75.2. The van der Waals surface area contributed by atoms with Gasteiger partial charge >= 0.3 is 0 Å². The molecule has 0 bridgehead atoms. The Bertz CT molecular complexity index is 3180. The molecule has 0 spiro atoms. The first-order valence-electron chi connectivity index (χ1n) is 18.8. The number of para-hydroxylation sites is 1. The Hall–Kier alpha value is -6.94. The zero-order chi connectivity index (χ0) is 36.3. The maximum atomic E-state index is 2.41. The lowest BCUT2D eigenvalue weighted by Crippen LogP contribution is -2.10. The van der Waals surface area contributed by atoms with Crippen molar-refractivity contribution >= 4 is 81.1 Å². The number of benzene rings is 9. The first-order chi connectivity index (χ1) is 27.3. The van der Waals surface area contributed by atoms with E-state index in [1.54, 1.807) is 0 Å². The smallest absolute Gasteiger partial charge is 0.0541 e. The third-order valence-corrected chi connectivity index (χ3v) is 12.1. The normalized spacial score (nSPS) is 11.6. The molecule has 0 fully saturated rings. The van der Waals surface area contributed by atoms with Crippen LogP contribution in [0.3, 0.4) is 0 Å². The molecule has 3 heteroatoms. The summed E-state index contributed by atoms with van der Waals surface area (Å²) in [7, 11) is 0. The molecule has 0 N–H and O–H groups in total. The van der Waals surface area contributed by atoms with Crippen molar-refractivity contribution in [3.8, 4) is 27.9 Å². The third kappa shape index (κ3) is 5.32. The van der Waals surface area contributed by atoms with Gasteiger partial charge in [0.1, 0.15) is 0 Å². The summed E-state index contributed by atoms with van der Waals surface area (Å²) in [5.74, 6) is 0. The van der Waals surface area contributed by atoms with Crippen LogP contribution in [0.4, 0.5) is 17.1 Å². The van der Waals surface area contributed by atoms with Crippen LogP contribution in [0.15, 0.2) is 206 Å². The minimum absolute atomic E-state index is 1.12. The van der Waals surface area contributed by atoms with E-state index in [2.05, 4.69) is 216 Å². The third-order valence-electron chi connectivity index (χ3n) is 11.0. The van der Waals surface area contributed by atoms with Crippen LogP contribution in [0.5, 0.6) is 0 Å². The van der Waals surface area contributed by atoms with Gasteiger partial charge in [-0.25, -0.2) is 0 Å². The van der Waals surface area contributed by atoms with Gasteiger partial charge in [-0.05, 0) is 100 Å². The number of hydrogen-bond acceptors (Lipinski definition) is 2. The molecule has 0 aliphatic carbocycles. The zero-order valence-corrected chi connectivity index (χ0v) is 30.7. The van der Waals surface area contributed by atoms with Crippen LogP contribution in [-0.4, -0.2) is 4.57 Å². The van der Waals surface area contributed by atoms with E-state index in [-0.39, 0.29) is 0 Å². The standard InChI is InChI=1S/C52H34N2S/c1-2-11-35(12-3-1)36-21-28-41(29-22-36)54-49-18-8-6-16-44(49)46-33-39(25-31-50(46)54)37-23-26-40(27-24-37)53(48-19-10-14-38-13-4-5-15-43(38)48)42-30-32-52-47(34-42)45-17-7-9-20-51(45)55-52/h1-34H. The molecule has 11 aromatic rings. The summed E-state index contributed by atoms with van der Waals surface area (Å²) in [6.45, 7) is 0. The fourth-order valence-electron chi connectivity index (χ4n) is 8.35. The van der Waals surface area contributed by atoms with Crippen molar-refractivity contribution in [3.05, 3.63) is 206 Å². The van der Waals surface area contributed by atoms with Gasteiger partial charge < -0.3 is 9.47 Å². The number of anilines is 3. The van der Waals surface area contributed by atoms with Crippen molar-refractivity contribution in [3.63, 3.8) is 0 Å². The first-order valence-corrected chi connectivity index (χ1v) is 19.6. The molecule has 9 aromatic carbocycles. The molecule has 0 aliphatic heterocycles. The second-order valence-corrected chi connectivity index (χ2v) is 15.2. The van der Waals surface area contributed by atoms with Crippen LogP contribution in [-0.2, 0) is 0 Å². The minimum atomic E-state index is 1.12. The van der Waals surface area contributed by atoms with E-state index in [9.17, 15) is 0 Å². The monoisotopic (exact) mass is 718 g/mol. The Labute approximate surface area is 323 Å². The quantitative estimate of drug-likeness (QED) is 0.166. The molecule has 11 rings (SSSR count). The van der Waals surface area contributed by atoms with E-state index >= 15 is 0 Å². The molecule has 0 aliphatic rings. The van der Waals surface area contributed by atoms with Crippen LogP contribution in [0.1, 0.15) is 0 Å². The van der Waals surface area contributed by atoms with Crippen LogP contribution >= 0.6 is 11.3 Å². The van der Waals surface area contributed by atoms with Crippen LogP contribution in [0, 0.1) is 0 Å². The van der Waals surface area contributed by atoms with E-state index < -0.39 is 0 Å². The fraction of sp³-hybridized carbons (Fsp3) is 0. The maximum Gasteiger partial charge on any atom is 0.0541 e.